The van der Waals surface area contributed by atoms with Gasteiger partial charge in [-0.1, -0.05) is 12.1 Å². The number of hydrogen-bond acceptors (Lipinski definition) is 3. The van der Waals surface area contributed by atoms with E-state index in [9.17, 15) is 14.0 Å². The number of nitrogens with zero attached hydrogens (tertiary/aromatic N) is 1. The third kappa shape index (κ3) is 4.44. The lowest BCUT2D eigenvalue weighted by Gasteiger charge is -2.18. The average Bonchev–Trinajstić information content (AvgIpc) is 3.01. The molecule has 24 heavy (non-hydrogen) atoms. The lowest BCUT2D eigenvalue weighted by Crippen LogP contribution is -2.40. The number of nitrogens with one attached hydrogen (secondary N) is 2. The Bertz CT molecular complexity index is 582. The van der Waals surface area contributed by atoms with Gasteiger partial charge in [0.1, 0.15) is 5.82 Å². The van der Waals surface area contributed by atoms with E-state index in [1.807, 2.05) is 6.92 Å². The summed E-state index contributed by atoms with van der Waals surface area (Å²) in [7, 11) is 1.56. The van der Waals surface area contributed by atoms with Crippen LogP contribution in [0, 0.1) is 11.7 Å². The van der Waals surface area contributed by atoms with Crippen LogP contribution in [0.5, 0.6) is 0 Å². The van der Waals surface area contributed by atoms with Crippen LogP contribution in [0.4, 0.5) is 9.18 Å². The number of hydrogen-bond donors (Lipinski definition) is 2. The molecule has 2 atom stereocenters. The molecule has 0 aliphatic carbocycles. The standard InChI is InChI=1S/C17H24FN3O3/c1-3-19-17(23)21-10-14(12-5-4-6-13(18)9-12)15(11-21)16(22)20-7-8-24-2/h4-6,9,14-15H,3,7-8,10-11H2,1-2H3,(H,19,23)(H,20,22)/t14-,15-/m0/s1. The van der Waals surface area contributed by atoms with Crippen LogP contribution in [0.15, 0.2) is 24.3 Å². The van der Waals surface area contributed by atoms with Gasteiger partial charge in [-0.15, -0.1) is 0 Å². The fraction of sp³-hybridized carbons (Fsp3) is 0.529. The molecule has 2 N–H and O–H groups in total. The number of rotatable bonds is 6. The number of urea groups is 1. The van der Waals surface area contributed by atoms with Gasteiger partial charge < -0.3 is 20.3 Å². The second-order valence-electron chi connectivity index (χ2n) is 5.79. The molecule has 0 radical (unpaired) electrons. The van der Waals surface area contributed by atoms with Crippen molar-refractivity contribution in [3.8, 4) is 0 Å². The Kier molecular flexibility index (Phi) is 6.54. The molecular weight excluding hydrogens is 313 g/mol. The van der Waals surface area contributed by atoms with Gasteiger partial charge in [0.2, 0.25) is 5.91 Å². The van der Waals surface area contributed by atoms with Crippen LogP contribution in [0.25, 0.3) is 0 Å². The molecule has 132 valence electrons. The quantitative estimate of drug-likeness (QED) is 0.770. The zero-order chi connectivity index (χ0) is 17.5. The summed E-state index contributed by atoms with van der Waals surface area (Å²) in [5.74, 6) is -1.13. The van der Waals surface area contributed by atoms with Crippen LogP contribution in [0.3, 0.4) is 0 Å². The summed E-state index contributed by atoms with van der Waals surface area (Å²) in [5, 5.41) is 5.56. The van der Waals surface area contributed by atoms with Crippen molar-refractivity contribution in [2.45, 2.75) is 12.8 Å². The molecule has 1 aliphatic heterocycles. The van der Waals surface area contributed by atoms with Crippen molar-refractivity contribution < 1.29 is 18.7 Å². The molecule has 1 aliphatic rings. The van der Waals surface area contributed by atoms with Crippen molar-refractivity contribution in [2.75, 3.05) is 39.9 Å². The Labute approximate surface area is 141 Å². The first-order valence-corrected chi connectivity index (χ1v) is 8.11. The third-order valence-electron chi connectivity index (χ3n) is 4.15. The van der Waals surface area contributed by atoms with Gasteiger partial charge in [-0.05, 0) is 24.6 Å². The number of benzene rings is 1. The van der Waals surface area contributed by atoms with Gasteiger partial charge in [0.15, 0.2) is 0 Å². The summed E-state index contributed by atoms with van der Waals surface area (Å²) in [6.07, 6.45) is 0. The molecule has 1 aromatic carbocycles. The minimum absolute atomic E-state index is 0.145. The Morgan fingerprint density at radius 3 is 2.79 bits per heavy atom. The monoisotopic (exact) mass is 337 g/mol. The fourth-order valence-electron chi connectivity index (χ4n) is 2.98. The Hall–Kier alpha value is -2.15. The maximum absolute atomic E-state index is 13.6. The first kappa shape index (κ1) is 18.2. The zero-order valence-electron chi connectivity index (χ0n) is 14.0. The number of methoxy groups -OCH3 is 1. The van der Waals surface area contributed by atoms with Gasteiger partial charge in [-0.25, -0.2) is 9.18 Å². The summed E-state index contributed by atoms with van der Waals surface area (Å²) >= 11 is 0. The Morgan fingerprint density at radius 2 is 2.12 bits per heavy atom. The van der Waals surface area contributed by atoms with E-state index in [0.717, 1.165) is 5.56 Å². The van der Waals surface area contributed by atoms with Crippen molar-refractivity contribution in [1.82, 2.24) is 15.5 Å². The summed E-state index contributed by atoms with van der Waals surface area (Å²) in [4.78, 5) is 26.2. The molecule has 6 nitrogen and oxygen atoms in total. The third-order valence-corrected chi connectivity index (χ3v) is 4.15. The van der Waals surface area contributed by atoms with E-state index in [-0.39, 0.29) is 23.7 Å². The number of likely N-dealkylation sites (tertiary alicyclic amines) is 1. The molecule has 1 fully saturated rings. The van der Waals surface area contributed by atoms with Crippen LogP contribution in [-0.4, -0.2) is 56.7 Å². The number of carbonyl (C=O) groups excluding carboxylic acids is 2. The van der Waals surface area contributed by atoms with Crippen molar-refractivity contribution in [3.63, 3.8) is 0 Å². The van der Waals surface area contributed by atoms with Gasteiger partial charge in [-0.3, -0.25) is 4.79 Å². The largest absolute Gasteiger partial charge is 0.383 e. The summed E-state index contributed by atoms with van der Waals surface area (Å²) in [6, 6.07) is 6.02. The molecule has 0 spiro atoms. The molecule has 2 rings (SSSR count). The highest BCUT2D eigenvalue weighted by Crippen LogP contribution is 2.33. The number of carbonyl (C=O) groups is 2. The molecule has 3 amide bonds. The van der Waals surface area contributed by atoms with Crippen molar-refractivity contribution >= 4 is 11.9 Å². The van der Waals surface area contributed by atoms with Crippen LogP contribution in [-0.2, 0) is 9.53 Å². The topological polar surface area (TPSA) is 70.7 Å². The van der Waals surface area contributed by atoms with Crippen LogP contribution < -0.4 is 10.6 Å². The predicted molar refractivity (Wildman–Crippen MR) is 88.2 cm³/mol. The van der Waals surface area contributed by atoms with Crippen LogP contribution >= 0.6 is 0 Å². The highest BCUT2D eigenvalue weighted by molar-refractivity contribution is 5.82. The smallest absolute Gasteiger partial charge is 0.317 e. The molecule has 0 saturated carbocycles. The predicted octanol–water partition coefficient (Wildman–Crippen LogP) is 1.33. The van der Waals surface area contributed by atoms with Crippen molar-refractivity contribution in [3.05, 3.63) is 35.6 Å². The van der Waals surface area contributed by atoms with Gasteiger partial charge in [0.25, 0.3) is 0 Å². The zero-order valence-corrected chi connectivity index (χ0v) is 14.0. The molecule has 0 bridgehead atoms. The molecule has 0 unspecified atom stereocenters. The number of amides is 3. The highest BCUT2D eigenvalue weighted by Gasteiger charge is 2.40. The second-order valence-corrected chi connectivity index (χ2v) is 5.79. The van der Waals surface area contributed by atoms with E-state index in [2.05, 4.69) is 10.6 Å². The minimum atomic E-state index is -0.411. The molecule has 1 heterocycles. The van der Waals surface area contributed by atoms with E-state index >= 15 is 0 Å². The Morgan fingerprint density at radius 1 is 1.33 bits per heavy atom. The van der Waals surface area contributed by atoms with E-state index < -0.39 is 5.92 Å². The van der Waals surface area contributed by atoms with E-state index in [1.165, 1.54) is 12.1 Å². The van der Waals surface area contributed by atoms with E-state index in [1.54, 1.807) is 24.1 Å². The second kappa shape index (κ2) is 8.63. The van der Waals surface area contributed by atoms with Gasteiger partial charge >= 0.3 is 6.03 Å². The van der Waals surface area contributed by atoms with Gasteiger partial charge in [0.05, 0.1) is 12.5 Å². The van der Waals surface area contributed by atoms with Crippen molar-refractivity contribution in [1.29, 1.82) is 0 Å². The summed E-state index contributed by atoms with van der Waals surface area (Å²) < 4.78 is 18.5. The van der Waals surface area contributed by atoms with E-state index in [0.29, 0.717) is 32.8 Å². The van der Waals surface area contributed by atoms with Crippen molar-refractivity contribution in [2.24, 2.45) is 5.92 Å². The SMILES string of the molecule is CCNC(=O)N1C[C@H](C(=O)NCCOC)[C@H](c2cccc(F)c2)C1. The maximum atomic E-state index is 13.6. The van der Waals surface area contributed by atoms with E-state index in [4.69, 9.17) is 4.74 Å². The molecule has 0 aromatic heterocycles. The number of ether oxygens (including phenoxy) is 1. The average molecular weight is 337 g/mol. The van der Waals surface area contributed by atoms with Gasteiger partial charge in [-0.2, -0.15) is 0 Å². The first-order valence-electron chi connectivity index (χ1n) is 8.11. The summed E-state index contributed by atoms with van der Waals surface area (Å²) in [6.45, 7) is 3.88. The maximum Gasteiger partial charge on any atom is 0.317 e. The summed E-state index contributed by atoms with van der Waals surface area (Å²) in [5.41, 5.74) is 0.730. The molecule has 1 aromatic rings. The van der Waals surface area contributed by atoms with Crippen LogP contribution in [0.1, 0.15) is 18.4 Å². The Balaban J connectivity index is 2.16. The lowest BCUT2D eigenvalue weighted by molar-refractivity contribution is -0.125. The minimum Gasteiger partial charge on any atom is -0.383 e. The number of halogens is 1. The normalized spacial score (nSPS) is 20.0. The van der Waals surface area contributed by atoms with Crippen LogP contribution in [0.2, 0.25) is 0 Å². The molecular formula is C17H24FN3O3. The molecule has 1 saturated heterocycles. The molecule has 7 heteroatoms. The van der Waals surface area contributed by atoms with Gasteiger partial charge in [0, 0.05) is 39.2 Å². The lowest BCUT2D eigenvalue weighted by atomic mass is 9.88. The fourth-order valence-corrected chi connectivity index (χ4v) is 2.98. The highest BCUT2D eigenvalue weighted by atomic mass is 19.1. The first-order chi connectivity index (χ1) is 11.6.